The number of esters is 1. The molecular formula is C29H46O3. The van der Waals surface area contributed by atoms with Crippen LogP contribution in [0.15, 0.2) is 11.1 Å². The predicted octanol–water partition coefficient (Wildman–Crippen LogP) is 7.28. The summed E-state index contributed by atoms with van der Waals surface area (Å²) in [5.41, 5.74) is 4.48. The first-order valence-corrected chi connectivity index (χ1v) is 13.3. The Morgan fingerprint density at radius 2 is 1.75 bits per heavy atom. The van der Waals surface area contributed by atoms with Gasteiger partial charge in [0, 0.05) is 18.8 Å². The van der Waals surface area contributed by atoms with Crippen molar-refractivity contribution < 1.29 is 14.3 Å². The topological polar surface area (TPSA) is 43.4 Å². The van der Waals surface area contributed by atoms with Gasteiger partial charge in [-0.2, -0.15) is 0 Å². The minimum Gasteiger partial charge on any atom is -0.462 e. The molecule has 2 saturated carbocycles. The molecule has 0 spiro atoms. The number of rotatable bonds is 5. The number of allylic oxidation sites excluding steroid dienone is 2. The number of carbonyl (C=O) groups excluding carboxylic acids is 2. The van der Waals surface area contributed by atoms with E-state index in [4.69, 9.17) is 4.74 Å². The molecule has 180 valence electrons. The second kappa shape index (κ2) is 7.98. The zero-order valence-electron chi connectivity index (χ0n) is 21.7. The van der Waals surface area contributed by atoms with Crippen molar-refractivity contribution in [1.82, 2.24) is 0 Å². The number of hydrogen-bond donors (Lipinski definition) is 0. The van der Waals surface area contributed by atoms with E-state index in [2.05, 4.69) is 41.5 Å². The van der Waals surface area contributed by atoms with E-state index in [1.165, 1.54) is 38.5 Å². The van der Waals surface area contributed by atoms with Gasteiger partial charge < -0.3 is 9.53 Å². The quantitative estimate of drug-likeness (QED) is 0.255. The lowest BCUT2D eigenvalue weighted by Gasteiger charge is -2.62. The van der Waals surface area contributed by atoms with Crippen molar-refractivity contribution in [2.75, 3.05) is 0 Å². The molecule has 0 aromatic carbocycles. The van der Waals surface area contributed by atoms with Crippen LogP contribution in [0.1, 0.15) is 113 Å². The van der Waals surface area contributed by atoms with Crippen LogP contribution in [0.3, 0.4) is 0 Å². The zero-order valence-corrected chi connectivity index (χ0v) is 21.7. The normalized spacial score (nSPS) is 43.7. The number of ether oxygens (including phenoxy) is 1. The average molecular weight is 443 g/mol. The van der Waals surface area contributed by atoms with E-state index in [1.54, 1.807) is 18.1 Å². The molecule has 0 N–H and O–H groups in total. The van der Waals surface area contributed by atoms with Gasteiger partial charge >= 0.3 is 5.97 Å². The van der Waals surface area contributed by atoms with Crippen LogP contribution in [0, 0.1) is 39.4 Å². The number of carbonyl (C=O) groups is 2. The first kappa shape index (κ1) is 24.0. The van der Waals surface area contributed by atoms with Gasteiger partial charge in [-0.25, -0.2) is 0 Å². The molecule has 0 amide bonds. The molecular weight excluding hydrogens is 396 g/mol. The van der Waals surface area contributed by atoms with Crippen molar-refractivity contribution in [1.29, 1.82) is 0 Å². The number of hydrogen-bond acceptors (Lipinski definition) is 3. The van der Waals surface area contributed by atoms with E-state index >= 15 is 0 Å². The number of fused-ring (bicyclic) bond motifs is 4. The number of aldehydes is 1. The molecule has 3 nitrogen and oxygen atoms in total. The zero-order chi connectivity index (χ0) is 23.5. The highest BCUT2D eigenvalue weighted by Gasteiger charge is 2.63. The van der Waals surface area contributed by atoms with Gasteiger partial charge in [-0.3, -0.25) is 4.79 Å². The van der Waals surface area contributed by atoms with Gasteiger partial charge in [-0.05, 0) is 91.8 Å². The molecule has 0 aromatic rings. The maximum Gasteiger partial charge on any atom is 0.302 e. The molecule has 2 unspecified atom stereocenters. The Hall–Kier alpha value is -1.12. The molecule has 3 heteroatoms. The third-order valence-electron chi connectivity index (χ3n) is 11.5. The highest BCUT2D eigenvalue weighted by molar-refractivity contribution is 5.66. The second-order valence-electron chi connectivity index (χ2n) is 13.0. The van der Waals surface area contributed by atoms with Gasteiger partial charge in [-0.1, -0.05) is 52.7 Å². The molecule has 32 heavy (non-hydrogen) atoms. The minimum absolute atomic E-state index is 0.0143. The summed E-state index contributed by atoms with van der Waals surface area (Å²) in [7, 11) is 0. The average Bonchev–Trinajstić information content (AvgIpc) is 3.00. The summed E-state index contributed by atoms with van der Waals surface area (Å²) in [6.07, 6.45) is 12.6. The van der Waals surface area contributed by atoms with Gasteiger partial charge in [0.1, 0.15) is 12.4 Å². The Labute approximate surface area is 196 Å². The summed E-state index contributed by atoms with van der Waals surface area (Å²) in [6.45, 7) is 16.4. The van der Waals surface area contributed by atoms with Crippen molar-refractivity contribution in [2.24, 2.45) is 39.4 Å². The van der Waals surface area contributed by atoms with Crippen LogP contribution in [0.2, 0.25) is 0 Å². The van der Waals surface area contributed by atoms with Crippen LogP contribution in [-0.2, 0) is 14.3 Å². The third-order valence-corrected chi connectivity index (χ3v) is 11.5. The standard InChI is InChI=1S/C29H46O3/c1-19(9-8-18-30)21-12-16-29(7)23-10-11-24-26(3,4)25(32-20(2)31)14-15-27(24,5)22(23)13-17-28(21,29)6/h18-19,21,24-25H,8-17H2,1-7H3/t19-,21-,24?,25?,27-,28-,29+/m1/s1. The van der Waals surface area contributed by atoms with Crippen LogP contribution < -0.4 is 0 Å². The summed E-state index contributed by atoms with van der Waals surface area (Å²) in [6, 6.07) is 0. The van der Waals surface area contributed by atoms with E-state index < -0.39 is 0 Å². The lowest BCUT2D eigenvalue weighted by atomic mass is 9.43. The highest BCUT2D eigenvalue weighted by atomic mass is 16.5. The van der Waals surface area contributed by atoms with Gasteiger partial charge in [0.05, 0.1) is 0 Å². The van der Waals surface area contributed by atoms with Gasteiger partial charge in [-0.15, -0.1) is 0 Å². The summed E-state index contributed by atoms with van der Waals surface area (Å²) >= 11 is 0. The van der Waals surface area contributed by atoms with Crippen LogP contribution in [-0.4, -0.2) is 18.4 Å². The fraction of sp³-hybridized carbons (Fsp3) is 0.862. The molecule has 4 aliphatic carbocycles. The summed E-state index contributed by atoms with van der Waals surface area (Å²) in [5, 5.41) is 0. The molecule has 0 radical (unpaired) electrons. The van der Waals surface area contributed by atoms with E-state index in [0.29, 0.717) is 29.1 Å². The first-order valence-electron chi connectivity index (χ1n) is 13.3. The van der Waals surface area contributed by atoms with Gasteiger partial charge in [0.25, 0.3) is 0 Å². The summed E-state index contributed by atoms with van der Waals surface area (Å²) in [5.74, 6) is 1.79. The van der Waals surface area contributed by atoms with E-state index in [-0.39, 0.29) is 22.9 Å². The van der Waals surface area contributed by atoms with Gasteiger partial charge in [0.15, 0.2) is 0 Å². The van der Waals surface area contributed by atoms with Crippen molar-refractivity contribution in [3.05, 3.63) is 11.1 Å². The van der Waals surface area contributed by atoms with E-state index in [1.807, 2.05) is 0 Å². The maximum absolute atomic E-state index is 11.8. The molecule has 4 rings (SSSR count). The summed E-state index contributed by atoms with van der Waals surface area (Å²) < 4.78 is 5.83. The fourth-order valence-electron chi connectivity index (χ4n) is 9.56. The Morgan fingerprint density at radius 1 is 1.03 bits per heavy atom. The molecule has 4 aliphatic rings. The van der Waals surface area contributed by atoms with Crippen LogP contribution in [0.4, 0.5) is 0 Å². The van der Waals surface area contributed by atoms with Crippen LogP contribution in [0.25, 0.3) is 0 Å². The van der Waals surface area contributed by atoms with Gasteiger partial charge in [0.2, 0.25) is 0 Å². The monoisotopic (exact) mass is 442 g/mol. The molecule has 0 aromatic heterocycles. The predicted molar refractivity (Wildman–Crippen MR) is 129 cm³/mol. The Morgan fingerprint density at radius 3 is 2.41 bits per heavy atom. The van der Waals surface area contributed by atoms with Crippen molar-refractivity contribution in [3.8, 4) is 0 Å². The summed E-state index contributed by atoms with van der Waals surface area (Å²) in [4.78, 5) is 22.8. The largest absolute Gasteiger partial charge is 0.462 e. The van der Waals surface area contributed by atoms with E-state index in [9.17, 15) is 9.59 Å². The Balaban J connectivity index is 1.68. The molecule has 0 aliphatic heterocycles. The molecule has 0 saturated heterocycles. The molecule has 7 atom stereocenters. The maximum atomic E-state index is 11.8. The molecule has 0 bridgehead atoms. The van der Waals surface area contributed by atoms with Crippen molar-refractivity contribution in [3.63, 3.8) is 0 Å². The first-order chi connectivity index (χ1) is 14.9. The van der Waals surface area contributed by atoms with Crippen molar-refractivity contribution >= 4 is 12.3 Å². The van der Waals surface area contributed by atoms with E-state index in [0.717, 1.165) is 31.5 Å². The van der Waals surface area contributed by atoms with Crippen molar-refractivity contribution in [2.45, 2.75) is 119 Å². The fourth-order valence-corrected chi connectivity index (χ4v) is 9.56. The minimum atomic E-state index is -0.135. The Bertz CT molecular complexity index is 809. The lowest BCUT2D eigenvalue weighted by molar-refractivity contribution is -0.167. The molecule has 2 fully saturated rings. The Kier molecular flexibility index (Phi) is 5.99. The highest BCUT2D eigenvalue weighted by Crippen LogP contribution is 2.72. The SMILES string of the molecule is CC(=O)OC1CC[C@]2(C)C3=C(CCC2C1(C)C)[C@]1(C)CC[C@H]([C@H](C)CCC=O)[C@@]1(C)CC3. The molecule has 0 heterocycles. The van der Waals surface area contributed by atoms with Crippen LogP contribution in [0.5, 0.6) is 0 Å². The van der Waals surface area contributed by atoms with Crippen LogP contribution >= 0.6 is 0 Å². The smallest absolute Gasteiger partial charge is 0.302 e. The third kappa shape index (κ3) is 3.27. The lowest BCUT2D eigenvalue weighted by Crippen LogP contribution is -2.55. The second-order valence-corrected chi connectivity index (χ2v) is 13.0.